The van der Waals surface area contributed by atoms with Crippen LogP contribution >= 0.6 is 11.3 Å². The molecule has 3 aromatic rings. The van der Waals surface area contributed by atoms with E-state index in [-0.39, 0.29) is 6.04 Å². The molecule has 0 radical (unpaired) electrons. The minimum absolute atomic E-state index is 0.244. The predicted octanol–water partition coefficient (Wildman–Crippen LogP) is 2.53. The number of aromatic nitrogens is 3. The Hall–Kier alpha value is -1.72. The number of nitrogens with zero attached hydrogens (tertiary/aromatic N) is 3. The highest BCUT2D eigenvalue weighted by Crippen LogP contribution is 2.24. The van der Waals surface area contributed by atoms with Gasteiger partial charge in [0.2, 0.25) is 0 Å². The maximum Gasteiger partial charge on any atom is 0.0809 e. The minimum atomic E-state index is 0.244. The Morgan fingerprint density at radius 1 is 1.42 bits per heavy atom. The Balaban J connectivity index is 1.88. The molecule has 19 heavy (non-hydrogen) atoms. The Bertz CT molecular complexity index is 685. The largest absolute Gasteiger partial charge is 0.313 e. The van der Waals surface area contributed by atoms with Crippen LogP contribution in [0.3, 0.4) is 0 Å². The normalized spacial score (nSPS) is 12.9. The zero-order chi connectivity index (χ0) is 13.2. The second-order valence-corrected chi connectivity index (χ2v) is 5.55. The number of rotatable bonds is 4. The van der Waals surface area contributed by atoms with Crippen LogP contribution in [-0.2, 0) is 13.5 Å². The molecule has 0 fully saturated rings. The number of aryl methyl sites for hydroxylation is 1. The van der Waals surface area contributed by atoms with Crippen LogP contribution in [0.4, 0.5) is 0 Å². The first-order valence-electron chi connectivity index (χ1n) is 6.25. The SMILES string of the molecule is CNC(Cc1ccn(C)n1)c1cnc2ccsc2c1. The van der Waals surface area contributed by atoms with Gasteiger partial charge in [0.1, 0.15) is 0 Å². The van der Waals surface area contributed by atoms with Crippen molar-refractivity contribution in [2.45, 2.75) is 12.5 Å². The maximum absolute atomic E-state index is 4.50. The molecule has 3 heterocycles. The highest BCUT2D eigenvalue weighted by atomic mass is 32.1. The predicted molar refractivity (Wildman–Crippen MR) is 78.3 cm³/mol. The van der Waals surface area contributed by atoms with Crippen molar-refractivity contribution in [3.05, 3.63) is 47.2 Å². The van der Waals surface area contributed by atoms with Gasteiger partial charge in [-0.25, -0.2) is 0 Å². The van der Waals surface area contributed by atoms with Gasteiger partial charge < -0.3 is 5.32 Å². The van der Waals surface area contributed by atoms with E-state index in [1.54, 1.807) is 11.3 Å². The first kappa shape index (κ1) is 12.3. The van der Waals surface area contributed by atoms with Crippen LogP contribution in [-0.4, -0.2) is 21.8 Å². The fourth-order valence-electron chi connectivity index (χ4n) is 2.22. The molecule has 3 aromatic heterocycles. The van der Waals surface area contributed by atoms with Gasteiger partial charge in [-0.1, -0.05) is 0 Å². The first-order valence-corrected chi connectivity index (χ1v) is 7.13. The fraction of sp³-hybridized carbons (Fsp3) is 0.286. The van der Waals surface area contributed by atoms with E-state index < -0.39 is 0 Å². The summed E-state index contributed by atoms with van der Waals surface area (Å²) in [5.74, 6) is 0. The number of thiophene rings is 1. The Morgan fingerprint density at radius 3 is 3.05 bits per heavy atom. The summed E-state index contributed by atoms with van der Waals surface area (Å²) < 4.78 is 3.07. The standard InChI is InChI=1S/C14H16N4S/c1-15-13(8-11-3-5-18(2)17-11)10-7-14-12(16-9-10)4-6-19-14/h3-7,9,13,15H,8H2,1-2H3. The Morgan fingerprint density at radius 2 is 2.32 bits per heavy atom. The van der Waals surface area contributed by atoms with Crippen LogP contribution in [0.15, 0.2) is 36.0 Å². The van der Waals surface area contributed by atoms with Crippen molar-refractivity contribution < 1.29 is 0 Å². The lowest BCUT2D eigenvalue weighted by molar-refractivity contribution is 0.576. The van der Waals surface area contributed by atoms with E-state index in [2.05, 4.69) is 39.0 Å². The van der Waals surface area contributed by atoms with E-state index in [4.69, 9.17) is 0 Å². The topological polar surface area (TPSA) is 42.7 Å². The van der Waals surface area contributed by atoms with Crippen molar-refractivity contribution in [2.75, 3.05) is 7.05 Å². The molecular formula is C14H16N4S. The molecule has 0 aromatic carbocycles. The molecule has 0 spiro atoms. The van der Waals surface area contributed by atoms with Crippen molar-refractivity contribution in [3.63, 3.8) is 0 Å². The van der Waals surface area contributed by atoms with Crippen LogP contribution in [0.5, 0.6) is 0 Å². The summed E-state index contributed by atoms with van der Waals surface area (Å²) in [5.41, 5.74) is 3.37. The Labute approximate surface area is 116 Å². The average molecular weight is 272 g/mol. The molecule has 1 N–H and O–H groups in total. The Kier molecular flexibility index (Phi) is 3.31. The molecule has 0 aliphatic rings. The smallest absolute Gasteiger partial charge is 0.0809 e. The van der Waals surface area contributed by atoms with E-state index in [9.17, 15) is 0 Å². The van der Waals surface area contributed by atoms with Crippen LogP contribution in [0, 0.1) is 0 Å². The van der Waals surface area contributed by atoms with Crippen molar-refractivity contribution >= 4 is 21.6 Å². The van der Waals surface area contributed by atoms with Gasteiger partial charge in [0, 0.05) is 31.9 Å². The van der Waals surface area contributed by atoms with Crippen LogP contribution in [0.2, 0.25) is 0 Å². The second-order valence-electron chi connectivity index (χ2n) is 4.60. The lowest BCUT2D eigenvalue weighted by Gasteiger charge is -2.15. The van der Waals surface area contributed by atoms with Gasteiger partial charge in [0.15, 0.2) is 0 Å². The first-order chi connectivity index (χ1) is 9.26. The van der Waals surface area contributed by atoms with E-state index >= 15 is 0 Å². The van der Waals surface area contributed by atoms with Crippen molar-refractivity contribution in [1.29, 1.82) is 0 Å². The average Bonchev–Trinajstić information content (AvgIpc) is 3.03. The van der Waals surface area contributed by atoms with Crippen LogP contribution in [0.25, 0.3) is 10.2 Å². The van der Waals surface area contributed by atoms with Gasteiger partial charge in [-0.15, -0.1) is 11.3 Å². The third-order valence-corrected chi connectivity index (χ3v) is 4.11. The summed E-state index contributed by atoms with van der Waals surface area (Å²) in [5, 5.41) is 9.86. The summed E-state index contributed by atoms with van der Waals surface area (Å²) in [6.45, 7) is 0. The van der Waals surface area contributed by atoms with Gasteiger partial charge >= 0.3 is 0 Å². The fourth-order valence-corrected chi connectivity index (χ4v) is 3.01. The molecule has 0 amide bonds. The highest BCUT2D eigenvalue weighted by molar-refractivity contribution is 7.17. The highest BCUT2D eigenvalue weighted by Gasteiger charge is 2.13. The molecule has 5 heteroatoms. The zero-order valence-electron chi connectivity index (χ0n) is 11.0. The number of nitrogens with one attached hydrogen (secondary N) is 1. The van der Waals surface area contributed by atoms with Crippen molar-refractivity contribution in [3.8, 4) is 0 Å². The molecule has 1 atom stereocenters. The van der Waals surface area contributed by atoms with Gasteiger partial charge in [-0.05, 0) is 36.2 Å². The lowest BCUT2D eigenvalue weighted by Crippen LogP contribution is -2.19. The molecule has 4 nitrogen and oxygen atoms in total. The van der Waals surface area contributed by atoms with E-state index in [0.29, 0.717) is 0 Å². The molecule has 0 bridgehead atoms. The molecule has 98 valence electrons. The molecular weight excluding hydrogens is 256 g/mol. The zero-order valence-corrected chi connectivity index (χ0v) is 11.8. The number of hydrogen-bond donors (Lipinski definition) is 1. The summed E-state index contributed by atoms with van der Waals surface area (Å²) in [4.78, 5) is 4.50. The van der Waals surface area contributed by atoms with E-state index in [0.717, 1.165) is 17.6 Å². The molecule has 0 aliphatic carbocycles. The quantitative estimate of drug-likeness (QED) is 0.793. The second kappa shape index (κ2) is 5.11. The third kappa shape index (κ3) is 2.52. The molecule has 3 rings (SSSR count). The lowest BCUT2D eigenvalue weighted by atomic mass is 10.0. The molecule has 0 saturated carbocycles. The van der Waals surface area contributed by atoms with E-state index in [1.165, 1.54) is 10.3 Å². The van der Waals surface area contributed by atoms with Crippen molar-refractivity contribution in [2.24, 2.45) is 7.05 Å². The third-order valence-electron chi connectivity index (χ3n) is 3.26. The molecule has 0 saturated heterocycles. The molecule has 1 unspecified atom stereocenters. The summed E-state index contributed by atoms with van der Waals surface area (Å²) in [6.07, 6.45) is 4.80. The number of hydrogen-bond acceptors (Lipinski definition) is 4. The van der Waals surface area contributed by atoms with E-state index in [1.807, 2.05) is 31.2 Å². The monoisotopic (exact) mass is 272 g/mol. The number of fused-ring (bicyclic) bond motifs is 1. The van der Waals surface area contributed by atoms with Gasteiger partial charge in [-0.2, -0.15) is 5.10 Å². The summed E-state index contributed by atoms with van der Waals surface area (Å²) >= 11 is 1.73. The summed E-state index contributed by atoms with van der Waals surface area (Å²) in [6, 6.07) is 6.57. The van der Waals surface area contributed by atoms with Gasteiger partial charge in [0.25, 0.3) is 0 Å². The van der Waals surface area contributed by atoms with Crippen LogP contribution in [0.1, 0.15) is 17.3 Å². The minimum Gasteiger partial charge on any atom is -0.313 e. The maximum atomic E-state index is 4.50. The van der Waals surface area contributed by atoms with Crippen molar-refractivity contribution in [1.82, 2.24) is 20.1 Å². The summed E-state index contributed by atoms with van der Waals surface area (Å²) in [7, 11) is 3.92. The van der Waals surface area contributed by atoms with Gasteiger partial charge in [-0.3, -0.25) is 9.67 Å². The van der Waals surface area contributed by atoms with Crippen LogP contribution < -0.4 is 5.32 Å². The molecule has 0 aliphatic heterocycles. The number of pyridine rings is 1. The number of likely N-dealkylation sites (N-methyl/N-ethyl adjacent to an activating group) is 1. The van der Waals surface area contributed by atoms with Gasteiger partial charge in [0.05, 0.1) is 15.9 Å².